The molecule has 0 aliphatic rings. The van der Waals surface area contributed by atoms with Crippen LogP contribution < -0.4 is 9.30 Å². The van der Waals surface area contributed by atoms with Gasteiger partial charge in [-0.25, -0.2) is 0 Å². The van der Waals surface area contributed by atoms with E-state index in [0.717, 1.165) is 16.7 Å². The molecule has 1 heterocycles. The van der Waals surface area contributed by atoms with E-state index in [9.17, 15) is 0 Å². The third-order valence-corrected chi connectivity index (χ3v) is 2.08. The van der Waals surface area contributed by atoms with Gasteiger partial charge in [0.25, 0.3) is 0 Å². The molecule has 0 unspecified atom stereocenters. The molecule has 0 radical (unpaired) electrons. The van der Waals surface area contributed by atoms with Crippen molar-refractivity contribution in [1.82, 2.24) is 0 Å². The van der Waals surface area contributed by atoms with Crippen molar-refractivity contribution in [1.29, 1.82) is 0 Å². The van der Waals surface area contributed by atoms with Crippen LogP contribution in [0.4, 0.5) is 0 Å². The Kier molecular flexibility index (Phi) is 1.81. The van der Waals surface area contributed by atoms with Crippen LogP contribution in [-0.4, -0.2) is 7.11 Å². The van der Waals surface area contributed by atoms with Crippen molar-refractivity contribution in [2.45, 2.75) is 0 Å². The summed E-state index contributed by atoms with van der Waals surface area (Å²) in [4.78, 5) is 0. The van der Waals surface area contributed by atoms with Crippen LogP contribution in [0.1, 0.15) is 0 Å². The van der Waals surface area contributed by atoms with E-state index >= 15 is 0 Å². The molecule has 2 heteroatoms. The molecule has 0 aliphatic heterocycles. The highest BCUT2D eigenvalue weighted by Crippen LogP contribution is 2.20. The molecule has 0 spiro atoms. The molecule has 13 heavy (non-hydrogen) atoms. The zero-order valence-electron chi connectivity index (χ0n) is 7.53. The highest BCUT2D eigenvalue weighted by Gasteiger charge is 2.02. The predicted molar refractivity (Wildman–Crippen MR) is 51.5 cm³/mol. The number of rotatable bonds is 1. The molecule has 1 aromatic heterocycles. The van der Waals surface area contributed by atoms with E-state index in [-0.39, 0.29) is 0 Å². The maximum Gasteiger partial charge on any atom is 0.154 e. The van der Waals surface area contributed by atoms with E-state index in [1.807, 2.05) is 41.1 Å². The second-order valence-corrected chi connectivity index (χ2v) is 2.88. The van der Waals surface area contributed by atoms with Crippen molar-refractivity contribution >= 4 is 10.9 Å². The first-order valence-corrected chi connectivity index (χ1v) is 4.11. The molecule has 2 rings (SSSR count). The Morgan fingerprint density at radius 3 is 2.77 bits per heavy atom. The van der Waals surface area contributed by atoms with Gasteiger partial charge in [0.1, 0.15) is 5.75 Å². The fraction of sp³-hybridized carbons (Fsp3) is 0.0909. The Hall–Kier alpha value is -1.70. The molecular formula is C11H11NO. The molecule has 0 N–H and O–H groups in total. The molecule has 0 saturated carbocycles. The largest absolute Gasteiger partial charge is 0.503 e. The summed E-state index contributed by atoms with van der Waals surface area (Å²) in [6, 6.07) is 9.96. The van der Waals surface area contributed by atoms with Gasteiger partial charge in [-0.2, -0.15) is 0 Å². The number of aromatic nitrogens is 1. The molecule has 0 amide bonds. The van der Waals surface area contributed by atoms with Gasteiger partial charge in [0.2, 0.25) is 0 Å². The van der Waals surface area contributed by atoms with Crippen LogP contribution in [0.25, 0.3) is 10.9 Å². The third-order valence-electron chi connectivity index (χ3n) is 2.08. The van der Waals surface area contributed by atoms with Crippen LogP contribution in [0.3, 0.4) is 0 Å². The average Bonchev–Trinajstić information content (AvgIpc) is 2.17. The Labute approximate surface area is 77.4 Å². The standard InChI is InChI=1S/C11H11NO/c1-12-8-4-6-9-5-3-7-10(13-2)11(9)12/h3-8H,1H2,2H3. The molecular weight excluding hydrogens is 162 g/mol. The topological polar surface area (TPSA) is 13.1 Å². The van der Waals surface area contributed by atoms with Crippen molar-refractivity contribution in [3.8, 4) is 5.75 Å². The summed E-state index contributed by atoms with van der Waals surface area (Å²) < 4.78 is 7.06. The van der Waals surface area contributed by atoms with Crippen molar-refractivity contribution < 1.29 is 9.30 Å². The highest BCUT2D eigenvalue weighted by molar-refractivity contribution is 5.81. The number of pyridine rings is 1. The number of hydrogen-bond acceptors (Lipinski definition) is 1. The molecule has 0 fully saturated rings. The van der Waals surface area contributed by atoms with Crippen LogP contribution in [0, 0.1) is 7.05 Å². The van der Waals surface area contributed by atoms with Gasteiger partial charge in [-0.3, -0.25) is 0 Å². The summed E-state index contributed by atoms with van der Waals surface area (Å²) >= 11 is 0. The van der Waals surface area contributed by atoms with Gasteiger partial charge in [-0.1, -0.05) is 24.3 Å². The van der Waals surface area contributed by atoms with E-state index in [2.05, 4.69) is 7.05 Å². The van der Waals surface area contributed by atoms with Crippen LogP contribution in [0.5, 0.6) is 5.75 Å². The molecule has 0 aliphatic carbocycles. The lowest BCUT2D eigenvalue weighted by atomic mass is 10.2. The summed E-state index contributed by atoms with van der Waals surface area (Å²) in [7, 11) is 5.56. The highest BCUT2D eigenvalue weighted by atomic mass is 16.5. The van der Waals surface area contributed by atoms with E-state index in [4.69, 9.17) is 4.74 Å². The SMILES string of the molecule is [CH2-][n+]1cccc2cccc(OC)c21. The van der Waals surface area contributed by atoms with Crippen LogP contribution in [0.2, 0.25) is 0 Å². The first kappa shape index (κ1) is 7.92. The number of hydrogen-bond donors (Lipinski definition) is 0. The Morgan fingerprint density at radius 1 is 1.23 bits per heavy atom. The lowest BCUT2D eigenvalue weighted by molar-refractivity contribution is -0.584. The van der Waals surface area contributed by atoms with Gasteiger partial charge in [0.15, 0.2) is 5.52 Å². The van der Waals surface area contributed by atoms with E-state index < -0.39 is 0 Å². The van der Waals surface area contributed by atoms with Crippen molar-refractivity contribution in [3.05, 3.63) is 43.6 Å². The van der Waals surface area contributed by atoms with Crippen LogP contribution >= 0.6 is 0 Å². The van der Waals surface area contributed by atoms with E-state index in [0.29, 0.717) is 0 Å². The minimum absolute atomic E-state index is 0.855. The quantitative estimate of drug-likeness (QED) is 0.473. The fourth-order valence-electron chi connectivity index (χ4n) is 1.47. The maximum atomic E-state index is 5.25. The summed E-state index contributed by atoms with van der Waals surface area (Å²) in [6.07, 6.45) is 1.91. The Morgan fingerprint density at radius 2 is 2.00 bits per heavy atom. The van der Waals surface area contributed by atoms with Crippen molar-refractivity contribution in [2.75, 3.05) is 7.11 Å². The predicted octanol–water partition coefficient (Wildman–Crippen LogP) is 1.78. The number of para-hydroxylation sites is 1. The smallest absolute Gasteiger partial charge is 0.154 e. The molecule has 1 aromatic carbocycles. The average molecular weight is 173 g/mol. The normalized spacial score (nSPS) is 10.2. The summed E-state index contributed by atoms with van der Waals surface area (Å²) in [5.41, 5.74) is 1.02. The van der Waals surface area contributed by atoms with E-state index in [1.54, 1.807) is 7.11 Å². The first-order valence-electron chi connectivity index (χ1n) is 4.11. The number of nitrogens with zero attached hydrogens (tertiary/aromatic N) is 1. The van der Waals surface area contributed by atoms with Gasteiger partial charge in [-0.05, 0) is 11.5 Å². The number of benzene rings is 1. The minimum Gasteiger partial charge on any atom is -0.503 e. The Balaban J connectivity index is 2.87. The molecule has 2 nitrogen and oxygen atoms in total. The van der Waals surface area contributed by atoms with Crippen LogP contribution in [0.15, 0.2) is 36.5 Å². The number of fused-ring (bicyclic) bond motifs is 1. The van der Waals surface area contributed by atoms with Crippen molar-refractivity contribution in [2.24, 2.45) is 0 Å². The van der Waals surface area contributed by atoms with Crippen molar-refractivity contribution in [3.63, 3.8) is 0 Å². The first-order chi connectivity index (χ1) is 6.33. The molecule has 66 valence electrons. The fourth-order valence-corrected chi connectivity index (χ4v) is 1.47. The zero-order chi connectivity index (χ0) is 9.26. The van der Waals surface area contributed by atoms with Gasteiger partial charge in [0, 0.05) is 7.05 Å². The number of ether oxygens (including phenoxy) is 1. The second-order valence-electron chi connectivity index (χ2n) is 2.88. The molecule has 2 aromatic rings. The second kappa shape index (κ2) is 2.98. The monoisotopic (exact) mass is 173 g/mol. The van der Waals surface area contributed by atoms with Gasteiger partial charge < -0.3 is 9.30 Å². The molecule has 0 bridgehead atoms. The number of methoxy groups -OCH3 is 1. The van der Waals surface area contributed by atoms with Crippen LogP contribution in [-0.2, 0) is 0 Å². The Bertz CT molecular complexity index is 432. The summed E-state index contributed by atoms with van der Waals surface area (Å²) in [5, 5.41) is 1.14. The van der Waals surface area contributed by atoms with Gasteiger partial charge in [0.05, 0.1) is 13.3 Å². The molecule has 0 saturated heterocycles. The summed E-state index contributed by atoms with van der Waals surface area (Å²) in [6.45, 7) is 0. The maximum absolute atomic E-state index is 5.25. The molecule has 0 atom stereocenters. The minimum atomic E-state index is 0.855. The third kappa shape index (κ3) is 1.20. The lowest BCUT2D eigenvalue weighted by Crippen LogP contribution is -2.25. The lowest BCUT2D eigenvalue weighted by Gasteiger charge is -2.07. The summed E-state index contributed by atoms with van der Waals surface area (Å²) in [5.74, 6) is 0.855. The zero-order valence-corrected chi connectivity index (χ0v) is 7.53. The van der Waals surface area contributed by atoms with E-state index in [1.165, 1.54) is 0 Å². The van der Waals surface area contributed by atoms with Gasteiger partial charge >= 0.3 is 0 Å². The van der Waals surface area contributed by atoms with Gasteiger partial charge in [-0.15, -0.1) is 0 Å².